The SMILES string of the molecule is CC1CCCC2CCC3CC123. The van der Waals surface area contributed by atoms with Gasteiger partial charge in [-0.3, -0.25) is 0 Å². The van der Waals surface area contributed by atoms with E-state index in [1.807, 2.05) is 0 Å². The van der Waals surface area contributed by atoms with Gasteiger partial charge in [0.2, 0.25) is 0 Å². The van der Waals surface area contributed by atoms with Crippen molar-refractivity contribution in [1.29, 1.82) is 0 Å². The summed E-state index contributed by atoms with van der Waals surface area (Å²) >= 11 is 0. The van der Waals surface area contributed by atoms with E-state index in [9.17, 15) is 0 Å². The van der Waals surface area contributed by atoms with E-state index in [0.29, 0.717) is 0 Å². The zero-order chi connectivity index (χ0) is 7.47. The van der Waals surface area contributed by atoms with Crippen molar-refractivity contribution >= 4 is 0 Å². The van der Waals surface area contributed by atoms with Gasteiger partial charge in [0.15, 0.2) is 0 Å². The van der Waals surface area contributed by atoms with Crippen molar-refractivity contribution in [1.82, 2.24) is 0 Å². The van der Waals surface area contributed by atoms with E-state index >= 15 is 0 Å². The molecule has 3 rings (SSSR count). The minimum Gasteiger partial charge on any atom is -0.0620 e. The molecule has 4 atom stereocenters. The van der Waals surface area contributed by atoms with Crippen LogP contribution in [0.25, 0.3) is 0 Å². The molecule has 4 unspecified atom stereocenters. The summed E-state index contributed by atoms with van der Waals surface area (Å²) < 4.78 is 0. The monoisotopic (exact) mass is 150 g/mol. The number of rotatable bonds is 0. The lowest BCUT2D eigenvalue weighted by Gasteiger charge is -2.34. The predicted octanol–water partition coefficient (Wildman–Crippen LogP) is 3.22. The summed E-state index contributed by atoms with van der Waals surface area (Å²) in [4.78, 5) is 0. The Kier molecular flexibility index (Phi) is 1.09. The molecule has 0 saturated heterocycles. The van der Waals surface area contributed by atoms with Gasteiger partial charge in [0, 0.05) is 0 Å². The first-order valence-corrected chi connectivity index (χ1v) is 5.34. The predicted molar refractivity (Wildman–Crippen MR) is 46.3 cm³/mol. The molecule has 0 radical (unpaired) electrons. The second-order valence-electron chi connectivity index (χ2n) is 5.12. The van der Waals surface area contributed by atoms with E-state index in [0.717, 1.165) is 17.3 Å². The van der Waals surface area contributed by atoms with E-state index in [1.165, 1.54) is 18.8 Å². The minimum atomic E-state index is 0.915. The van der Waals surface area contributed by atoms with Crippen LogP contribution in [0.1, 0.15) is 45.4 Å². The summed E-state index contributed by atoms with van der Waals surface area (Å²) in [5, 5.41) is 0. The molecule has 0 aromatic carbocycles. The fourth-order valence-electron chi connectivity index (χ4n) is 4.27. The summed E-state index contributed by atoms with van der Waals surface area (Å²) in [5.74, 6) is 3.42. The molecule has 0 aliphatic heterocycles. The molecular formula is C11H18. The van der Waals surface area contributed by atoms with Crippen molar-refractivity contribution in [3.63, 3.8) is 0 Å². The van der Waals surface area contributed by atoms with Crippen molar-refractivity contribution < 1.29 is 0 Å². The van der Waals surface area contributed by atoms with Gasteiger partial charge in [0.25, 0.3) is 0 Å². The molecule has 0 aromatic rings. The second-order valence-corrected chi connectivity index (χ2v) is 5.12. The van der Waals surface area contributed by atoms with Crippen LogP contribution in [-0.2, 0) is 0 Å². The van der Waals surface area contributed by atoms with E-state index in [4.69, 9.17) is 0 Å². The molecule has 11 heavy (non-hydrogen) atoms. The maximum Gasteiger partial charge on any atom is -0.0212 e. The van der Waals surface area contributed by atoms with Gasteiger partial charge >= 0.3 is 0 Å². The summed E-state index contributed by atoms with van der Waals surface area (Å²) in [6.45, 7) is 2.51. The molecule has 1 spiro atoms. The third-order valence-corrected chi connectivity index (χ3v) is 4.93. The third-order valence-electron chi connectivity index (χ3n) is 4.93. The lowest BCUT2D eigenvalue weighted by molar-refractivity contribution is 0.152. The highest BCUT2D eigenvalue weighted by Crippen LogP contribution is 2.73. The average molecular weight is 150 g/mol. The maximum atomic E-state index is 2.51. The highest BCUT2D eigenvalue weighted by molar-refractivity contribution is 5.14. The molecule has 62 valence electrons. The van der Waals surface area contributed by atoms with Crippen LogP contribution in [0, 0.1) is 23.2 Å². The van der Waals surface area contributed by atoms with Crippen LogP contribution in [0.2, 0.25) is 0 Å². The molecule has 0 bridgehead atoms. The van der Waals surface area contributed by atoms with Gasteiger partial charge in [0.05, 0.1) is 0 Å². The van der Waals surface area contributed by atoms with Gasteiger partial charge in [0.1, 0.15) is 0 Å². The maximum absolute atomic E-state index is 2.51. The van der Waals surface area contributed by atoms with E-state index < -0.39 is 0 Å². The van der Waals surface area contributed by atoms with Gasteiger partial charge in [-0.1, -0.05) is 19.8 Å². The first kappa shape index (κ1) is 6.51. The fraction of sp³-hybridized carbons (Fsp3) is 1.00. The summed E-state index contributed by atoms with van der Waals surface area (Å²) in [7, 11) is 0. The molecule has 3 aliphatic rings. The molecule has 3 saturated carbocycles. The Morgan fingerprint density at radius 1 is 1.00 bits per heavy atom. The van der Waals surface area contributed by atoms with Crippen LogP contribution in [-0.4, -0.2) is 0 Å². The summed E-state index contributed by atoms with van der Waals surface area (Å²) in [6.07, 6.45) is 9.40. The van der Waals surface area contributed by atoms with Crippen LogP contribution in [0.5, 0.6) is 0 Å². The van der Waals surface area contributed by atoms with E-state index in [2.05, 4.69) is 6.92 Å². The molecule has 0 amide bonds. The fourth-order valence-corrected chi connectivity index (χ4v) is 4.27. The summed E-state index contributed by atoms with van der Waals surface area (Å²) in [6, 6.07) is 0. The Balaban J connectivity index is 1.93. The van der Waals surface area contributed by atoms with Gasteiger partial charge in [-0.15, -0.1) is 0 Å². The van der Waals surface area contributed by atoms with Crippen LogP contribution in [0.15, 0.2) is 0 Å². The topological polar surface area (TPSA) is 0 Å². The van der Waals surface area contributed by atoms with Gasteiger partial charge in [-0.25, -0.2) is 0 Å². The van der Waals surface area contributed by atoms with Crippen molar-refractivity contribution in [3.05, 3.63) is 0 Å². The van der Waals surface area contributed by atoms with E-state index in [-0.39, 0.29) is 0 Å². The molecule has 0 N–H and O–H groups in total. The van der Waals surface area contributed by atoms with Crippen LogP contribution < -0.4 is 0 Å². The zero-order valence-electron chi connectivity index (χ0n) is 7.47. The lowest BCUT2D eigenvalue weighted by atomic mass is 9.71. The Morgan fingerprint density at radius 3 is 2.55 bits per heavy atom. The summed E-state index contributed by atoms with van der Waals surface area (Å²) in [5.41, 5.74) is 0.915. The molecule has 0 heteroatoms. The van der Waals surface area contributed by atoms with Crippen molar-refractivity contribution in [2.45, 2.75) is 45.4 Å². The van der Waals surface area contributed by atoms with Gasteiger partial charge in [-0.05, 0) is 48.9 Å². The molecule has 3 aliphatic carbocycles. The Morgan fingerprint density at radius 2 is 1.82 bits per heavy atom. The Bertz CT molecular complexity index is 184. The van der Waals surface area contributed by atoms with Crippen LogP contribution in [0.4, 0.5) is 0 Å². The molecule has 0 aromatic heterocycles. The second kappa shape index (κ2) is 1.84. The Labute approximate surface area is 69.4 Å². The molecular weight excluding hydrogens is 132 g/mol. The smallest absolute Gasteiger partial charge is 0.0212 e. The average Bonchev–Trinajstić information content (AvgIpc) is 2.62. The Hall–Kier alpha value is 0. The first-order valence-electron chi connectivity index (χ1n) is 5.34. The normalized spacial score (nSPS) is 60.3. The van der Waals surface area contributed by atoms with Crippen LogP contribution in [0.3, 0.4) is 0 Å². The lowest BCUT2D eigenvalue weighted by Crippen LogP contribution is -2.26. The number of hydrogen-bond acceptors (Lipinski definition) is 0. The quantitative estimate of drug-likeness (QED) is 0.497. The molecule has 0 heterocycles. The number of hydrogen-bond donors (Lipinski definition) is 0. The van der Waals surface area contributed by atoms with Gasteiger partial charge in [-0.2, -0.15) is 0 Å². The van der Waals surface area contributed by atoms with Crippen molar-refractivity contribution in [3.8, 4) is 0 Å². The minimum absolute atomic E-state index is 0.915. The van der Waals surface area contributed by atoms with Gasteiger partial charge < -0.3 is 0 Å². The standard InChI is InChI=1S/C11H18/c1-8-3-2-4-9-5-6-10-7-11(8,9)10/h8-10H,2-7H2,1H3. The largest absolute Gasteiger partial charge is 0.0620 e. The van der Waals surface area contributed by atoms with Crippen molar-refractivity contribution in [2.75, 3.05) is 0 Å². The third kappa shape index (κ3) is 0.625. The first-order chi connectivity index (χ1) is 5.34. The van der Waals surface area contributed by atoms with E-state index in [1.54, 1.807) is 25.7 Å². The highest BCUT2D eigenvalue weighted by atomic mass is 14.7. The zero-order valence-corrected chi connectivity index (χ0v) is 7.47. The highest BCUT2D eigenvalue weighted by Gasteiger charge is 2.65. The van der Waals surface area contributed by atoms with Crippen molar-refractivity contribution in [2.24, 2.45) is 23.2 Å². The molecule has 3 fully saturated rings. The molecule has 0 nitrogen and oxygen atoms in total. The van der Waals surface area contributed by atoms with Crippen LogP contribution >= 0.6 is 0 Å².